The molecule has 0 radical (unpaired) electrons. The first kappa shape index (κ1) is 29.1. The van der Waals surface area contributed by atoms with E-state index in [1.165, 1.54) is 12.1 Å². The zero-order chi connectivity index (χ0) is 30.5. The Bertz CT molecular complexity index is 1700. The molecule has 0 aliphatic heterocycles. The van der Waals surface area contributed by atoms with Crippen LogP contribution in [-0.2, 0) is 0 Å². The highest BCUT2D eigenvalue weighted by molar-refractivity contribution is 7.80. The molecule has 0 unspecified atom stereocenters. The zero-order valence-electron chi connectivity index (χ0n) is 23.4. The van der Waals surface area contributed by atoms with Crippen molar-refractivity contribution in [3.8, 4) is 11.1 Å². The topological polar surface area (TPSA) is 86.3 Å². The maximum atomic E-state index is 12.8. The van der Waals surface area contributed by atoms with Crippen molar-refractivity contribution in [2.24, 2.45) is 0 Å². The maximum Gasteiger partial charge on any atom is 0.278 e. The van der Waals surface area contributed by atoms with Gasteiger partial charge in [0.15, 0.2) is 0 Å². The van der Waals surface area contributed by atoms with Crippen LogP contribution in [0.5, 0.6) is 0 Å². The molecule has 0 aliphatic rings. The molecule has 0 bridgehead atoms. The van der Waals surface area contributed by atoms with Crippen LogP contribution in [-0.4, -0.2) is 9.85 Å². The Hall–Kier alpha value is -5.02. The molecule has 6 aromatic rings. The van der Waals surface area contributed by atoms with Gasteiger partial charge in [-0.05, 0) is 47.7 Å². The summed E-state index contributed by atoms with van der Waals surface area (Å²) in [4.78, 5) is 24.7. The van der Waals surface area contributed by atoms with Gasteiger partial charge in [0.1, 0.15) is 0 Å². The quantitative estimate of drug-likeness (QED) is 0.104. The first-order valence-electron chi connectivity index (χ1n) is 13.9. The Morgan fingerprint density at radius 1 is 0.364 bits per heavy atom. The Morgan fingerprint density at radius 3 is 0.886 bits per heavy atom. The van der Waals surface area contributed by atoms with Gasteiger partial charge in [-0.15, -0.1) is 0 Å². The summed E-state index contributed by atoms with van der Waals surface area (Å²) in [5.41, 5.74) is 0.262. The van der Waals surface area contributed by atoms with Crippen LogP contribution in [0.2, 0.25) is 0 Å². The molecule has 0 amide bonds. The Balaban J connectivity index is 1.74. The average Bonchev–Trinajstić information content (AvgIpc) is 3.07. The summed E-state index contributed by atoms with van der Waals surface area (Å²) >= 11 is 0. The monoisotopic (exact) mass is 612 g/mol. The second kappa shape index (κ2) is 13.1. The third-order valence-electron chi connectivity index (χ3n) is 7.22. The number of nitro groups is 2. The van der Waals surface area contributed by atoms with Gasteiger partial charge >= 0.3 is 0 Å². The highest BCUT2D eigenvalue weighted by Crippen LogP contribution is 2.46. The lowest BCUT2D eigenvalue weighted by Gasteiger charge is -2.26. The highest BCUT2D eigenvalue weighted by atomic mass is 31.1. The van der Waals surface area contributed by atoms with Crippen molar-refractivity contribution in [2.45, 2.75) is 0 Å². The number of rotatable bonds is 9. The van der Waals surface area contributed by atoms with Gasteiger partial charge in [-0.25, -0.2) is 0 Å². The van der Waals surface area contributed by atoms with Crippen LogP contribution >= 0.6 is 15.8 Å². The molecule has 6 aromatic carbocycles. The van der Waals surface area contributed by atoms with E-state index in [0.717, 1.165) is 21.2 Å². The van der Waals surface area contributed by atoms with Crippen LogP contribution in [0.3, 0.4) is 0 Å². The summed E-state index contributed by atoms with van der Waals surface area (Å²) in [7, 11) is -2.65. The van der Waals surface area contributed by atoms with Gasteiger partial charge in [-0.1, -0.05) is 146 Å². The minimum atomic E-state index is -1.32. The summed E-state index contributed by atoms with van der Waals surface area (Å²) < 4.78 is 0. The molecule has 44 heavy (non-hydrogen) atoms. The van der Waals surface area contributed by atoms with Crippen molar-refractivity contribution in [3.63, 3.8) is 0 Å². The average molecular weight is 613 g/mol. The van der Waals surface area contributed by atoms with Crippen LogP contribution in [0.15, 0.2) is 158 Å². The molecular weight excluding hydrogens is 586 g/mol. The molecule has 0 aromatic heterocycles. The predicted octanol–water partition coefficient (Wildman–Crippen LogP) is 6.69. The fourth-order valence-corrected chi connectivity index (χ4v) is 10.4. The lowest BCUT2D eigenvalue weighted by Crippen LogP contribution is -2.27. The van der Waals surface area contributed by atoms with Crippen molar-refractivity contribution in [2.75, 3.05) is 0 Å². The summed E-state index contributed by atoms with van der Waals surface area (Å²) in [5, 5.41) is 30.9. The number of nitrogens with zero attached hydrogens (tertiary/aromatic N) is 2. The lowest BCUT2D eigenvalue weighted by molar-refractivity contribution is -0.386. The summed E-state index contributed by atoms with van der Waals surface area (Å²) in [6.07, 6.45) is 0. The van der Waals surface area contributed by atoms with Crippen molar-refractivity contribution in [1.29, 1.82) is 0 Å². The van der Waals surface area contributed by atoms with Gasteiger partial charge in [-0.2, -0.15) is 0 Å². The van der Waals surface area contributed by atoms with Crippen LogP contribution in [0.4, 0.5) is 11.4 Å². The van der Waals surface area contributed by atoms with E-state index in [0.29, 0.717) is 10.6 Å². The summed E-state index contributed by atoms with van der Waals surface area (Å²) in [6.45, 7) is 0. The maximum absolute atomic E-state index is 12.8. The standard InChI is InChI=1S/C36H26N2O4P2/c39-37(40)31-23-13-25-33(43(27-15-5-1-6-16-27)28-17-7-2-8-18-28)35(31)36-32(38(41)42)24-14-26-34(36)44(29-19-9-3-10-20-29)30-21-11-4-12-22-30/h1-26H. The van der Waals surface area contributed by atoms with Crippen molar-refractivity contribution >= 4 is 59.0 Å². The molecule has 0 aliphatic carbocycles. The van der Waals surface area contributed by atoms with E-state index in [9.17, 15) is 20.2 Å². The van der Waals surface area contributed by atoms with Gasteiger partial charge in [0, 0.05) is 12.1 Å². The second-order valence-electron chi connectivity index (χ2n) is 9.87. The number of hydrogen-bond donors (Lipinski definition) is 0. The largest absolute Gasteiger partial charge is 0.278 e. The summed E-state index contributed by atoms with van der Waals surface area (Å²) in [6, 6.07) is 49.5. The van der Waals surface area contributed by atoms with E-state index in [-0.39, 0.29) is 22.5 Å². The first-order chi connectivity index (χ1) is 21.5. The smallest absolute Gasteiger partial charge is 0.258 e. The fraction of sp³-hybridized carbons (Fsp3) is 0. The van der Waals surface area contributed by atoms with Crippen LogP contribution in [0.25, 0.3) is 11.1 Å². The highest BCUT2D eigenvalue weighted by Gasteiger charge is 2.34. The number of hydrogen-bond acceptors (Lipinski definition) is 4. The van der Waals surface area contributed by atoms with E-state index in [4.69, 9.17) is 0 Å². The Labute approximate surface area is 257 Å². The van der Waals surface area contributed by atoms with Gasteiger partial charge < -0.3 is 0 Å². The molecule has 6 rings (SSSR count). The molecule has 0 spiro atoms. The van der Waals surface area contributed by atoms with Gasteiger partial charge in [-0.3, -0.25) is 20.2 Å². The molecule has 0 heterocycles. The molecule has 0 fully saturated rings. The van der Waals surface area contributed by atoms with Crippen LogP contribution in [0, 0.1) is 20.2 Å². The zero-order valence-corrected chi connectivity index (χ0v) is 25.2. The SMILES string of the molecule is O=[N+]([O-])c1cccc(P(c2ccccc2)c2ccccc2)c1-c1c([N+](=O)[O-])cccc1P(c1ccccc1)c1ccccc1. The molecule has 8 heteroatoms. The number of nitro benzene ring substituents is 2. The van der Waals surface area contributed by atoms with Gasteiger partial charge in [0.05, 0.1) is 21.0 Å². The van der Waals surface area contributed by atoms with Gasteiger partial charge in [0.2, 0.25) is 0 Å². The molecule has 214 valence electrons. The normalized spacial score (nSPS) is 11.0. The molecule has 6 nitrogen and oxygen atoms in total. The van der Waals surface area contributed by atoms with Crippen molar-refractivity contribution in [1.82, 2.24) is 0 Å². The Morgan fingerprint density at radius 2 is 0.636 bits per heavy atom. The predicted molar refractivity (Wildman–Crippen MR) is 183 cm³/mol. The van der Waals surface area contributed by atoms with Crippen molar-refractivity contribution < 1.29 is 9.85 Å². The summed E-state index contributed by atoms with van der Waals surface area (Å²) in [5.74, 6) is 0. The lowest BCUT2D eigenvalue weighted by atomic mass is 10.0. The third kappa shape index (κ3) is 5.78. The van der Waals surface area contributed by atoms with Crippen molar-refractivity contribution in [3.05, 3.63) is 178 Å². The third-order valence-corrected chi connectivity index (χ3v) is 12.2. The van der Waals surface area contributed by atoms with Gasteiger partial charge in [0.25, 0.3) is 11.4 Å². The van der Waals surface area contributed by atoms with E-state index >= 15 is 0 Å². The van der Waals surface area contributed by atoms with Crippen LogP contribution in [0.1, 0.15) is 0 Å². The second-order valence-corrected chi connectivity index (χ2v) is 14.2. The van der Waals surface area contributed by atoms with E-state index in [1.54, 1.807) is 12.1 Å². The van der Waals surface area contributed by atoms with E-state index in [1.807, 2.05) is 133 Å². The molecule has 0 atom stereocenters. The first-order valence-corrected chi connectivity index (χ1v) is 16.6. The minimum Gasteiger partial charge on any atom is -0.258 e. The van der Waals surface area contributed by atoms with Crippen LogP contribution < -0.4 is 31.8 Å². The van der Waals surface area contributed by atoms with E-state index in [2.05, 4.69) is 0 Å². The fourth-order valence-electron chi connectivity index (χ4n) is 5.41. The Kier molecular flexibility index (Phi) is 8.65. The molecule has 0 N–H and O–H groups in total. The molecule has 0 saturated carbocycles. The number of benzene rings is 6. The minimum absolute atomic E-state index is 0.159. The molecule has 0 saturated heterocycles. The molecular formula is C36H26N2O4P2. The van der Waals surface area contributed by atoms with E-state index < -0.39 is 25.7 Å².